The van der Waals surface area contributed by atoms with Crippen LogP contribution in [0.25, 0.3) is 76.5 Å². The summed E-state index contributed by atoms with van der Waals surface area (Å²) >= 11 is 0. The third-order valence-electron chi connectivity index (χ3n) is 23.6. The molecular formula is C100H122O6. The molecule has 0 aliphatic heterocycles. The van der Waals surface area contributed by atoms with Crippen LogP contribution < -0.4 is 18.9 Å². The van der Waals surface area contributed by atoms with E-state index in [0.717, 1.165) is 183 Å². The Bertz CT molecular complexity index is 4110. The van der Waals surface area contributed by atoms with Crippen molar-refractivity contribution in [2.75, 3.05) is 13.2 Å². The zero-order valence-corrected chi connectivity index (χ0v) is 64.9. The fraction of sp³-hybridized carbons (Fsp3) is 0.460. The predicted molar refractivity (Wildman–Crippen MR) is 447 cm³/mol. The third kappa shape index (κ3) is 22.0. The number of fused-ring (bicyclic) bond motifs is 4. The summed E-state index contributed by atoms with van der Waals surface area (Å²) in [7, 11) is 0. The number of carbonyl (C=O) groups is 2. The van der Waals surface area contributed by atoms with Gasteiger partial charge < -0.3 is 18.9 Å². The highest BCUT2D eigenvalue weighted by molar-refractivity contribution is 6.12. The molecule has 12 rings (SSSR count). The molecule has 0 bridgehead atoms. The smallest absolute Gasteiger partial charge is 0.311 e. The van der Waals surface area contributed by atoms with Crippen molar-refractivity contribution in [1.82, 2.24) is 0 Å². The lowest BCUT2D eigenvalue weighted by Crippen LogP contribution is -2.13. The molecule has 0 unspecified atom stereocenters. The zero-order valence-electron chi connectivity index (χ0n) is 64.9. The van der Waals surface area contributed by atoms with E-state index < -0.39 is 0 Å². The number of hydrogen-bond donors (Lipinski definition) is 0. The fourth-order valence-electron chi connectivity index (χ4n) is 17.5. The van der Waals surface area contributed by atoms with E-state index in [2.05, 4.69) is 198 Å². The molecule has 2 aliphatic rings. The monoisotopic (exact) mass is 1420 g/mol. The second kappa shape index (κ2) is 40.7. The molecule has 558 valence electrons. The number of rotatable bonds is 41. The van der Waals surface area contributed by atoms with Gasteiger partial charge in [-0.15, -0.1) is 0 Å². The van der Waals surface area contributed by atoms with Gasteiger partial charge in [0, 0.05) is 24.0 Å². The van der Waals surface area contributed by atoms with Crippen molar-refractivity contribution < 1.29 is 28.5 Å². The lowest BCUT2D eigenvalue weighted by atomic mass is 9.77. The molecule has 0 N–H and O–H groups in total. The number of esters is 2. The highest BCUT2D eigenvalue weighted by Gasteiger charge is 2.26. The number of unbranched alkanes of at least 4 members (excludes halogenated alkanes) is 16. The molecule has 0 aromatic heterocycles. The summed E-state index contributed by atoms with van der Waals surface area (Å²) in [5.41, 5.74) is 11.8. The molecule has 0 amide bonds. The van der Waals surface area contributed by atoms with Gasteiger partial charge >= 0.3 is 11.9 Å². The van der Waals surface area contributed by atoms with Crippen LogP contribution in [0.4, 0.5) is 0 Å². The Morgan fingerprint density at radius 3 is 1.03 bits per heavy atom. The van der Waals surface area contributed by atoms with E-state index in [0.29, 0.717) is 36.2 Å². The normalized spacial score (nSPS) is 16.1. The van der Waals surface area contributed by atoms with E-state index >= 15 is 0 Å². The zero-order chi connectivity index (χ0) is 73.1. The third-order valence-corrected chi connectivity index (χ3v) is 23.6. The van der Waals surface area contributed by atoms with Crippen LogP contribution in [0.5, 0.6) is 23.0 Å². The first kappa shape index (κ1) is 77.4. The maximum atomic E-state index is 14.4. The van der Waals surface area contributed by atoms with Crippen LogP contribution in [-0.2, 0) is 22.4 Å². The summed E-state index contributed by atoms with van der Waals surface area (Å²) in [5.74, 6) is 5.38. The maximum absolute atomic E-state index is 14.4. The minimum Gasteiger partial charge on any atom is -0.494 e. The molecule has 2 aliphatic carbocycles. The van der Waals surface area contributed by atoms with Crippen molar-refractivity contribution in [2.24, 2.45) is 11.8 Å². The van der Waals surface area contributed by atoms with Gasteiger partial charge in [-0.05, 0) is 250 Å². The van der Waals surface area contributed by atoms with E-state index in [9.17, 15) is 9.59 Å². The molecule has 106 heavy (non-hydrogen) atoms. The average Bonchev–Trinajstić information content (AvgIpc) is 0.743. The molecule has 10 aromatic rings. The SMILES string of the molecule is CCCc1ccc2cc(OCCCCCCCCCCCC(=O)Oc3ccc4cc(-c5ccc(C6CCC(CCC)CC6)cc5)ccc4c3-c3c(OC(=O)CCCCCCCCCCCOc4ccc5cc(CCC)ccc5c4)ccc4cc(-c5ccc(C6CCC(CCC)CC6)cc5)ccc34)ccc2c1. The van der Waals surface area contributed by atoms with Crippen LogP contribution in [0.1, 0.15) is 280 Å². The first-order valence-corrected chi connectivity index (χ1v) is 42.3. The minimum absolute atomic E-state index is 0.246. The van der Waals surface area contributed by atoms with Crippen LogP contribution in [0.2, 0.25) is 0 Å². The minimum atomic E-state index is -0.246. The van der Waals surface area contributed by atoms with Crippen molar-refractivity contribution in [1.29, 1.82) is 0 Å². The second-order valence-electron chi connectivity index (χ2n) is 31.7. The summed E-state index contributed by atoms with van der Waals surface area (Å²) in [4.78, 5) is 28.7. The molecule has 2 saturated carbocycles. The molecule has 0 atom stereocenters. The molecule has 6 heteroatoms. The Kier molecular flexibility index (Phi) is 29.7. The number of hydrogen-bond acceptors (Lipinski definition) is 6. The molecule has 0 saturated heterocycles. The maximum Gasteiger partial charge on any atom is 0.311 e. The molecular weight excluding hydrogens is 1300 g/mol. The Hall–Kier alpha value is -8.22. The van der Waals surface area contributed by atoms with Crippen LogP contribution in [0.3, 0.4) is 0 Å². The van der Waals surface area contributed by atoms with Crippen molar-refractivity contribution in [3.63, 3.8) is 0 Å². The first-order valence-electron chi connectivity index (χ1n) is 42.3. The van der Waals surface area contributed by atoms with Crippen molar-refractivity contribution in [2.45, 2.75) is 271 Å². The van der Waals surface area contributed by atoms with Crippen LogP contribution in [0, 0.1) is 11.8 Å². The quantitative estimate of drug-likeness (QED) is 0.0216. The molecule has 6 nitrogen and oxygen atoms in total. The lowest BCUT2D eigenvalue weighted by Gasteiger charge is -2.28. The molecule has 0 heterocycles. The fourth-order valence-corrected chi connectivity index (χ4v) is 17.5. The molecule has 0 radical (unpaired) electrons. The first-order chi connectivity index (χ1) is 52.2. The van der Waals surface area contributed by atoms with Gasteiger partial charge in [0.05, 0.1) is 13.2 Å². The van der Waals surface area contributed by atoms with Gasteiger partial charge in [0.15, 0.2) is 0 Å². The van der Waals surface area contributed by atoms with Crippen LogP contribution in [0.15, 0.2) is 182 Å². The van der Waals surface area contributed by atoms with Gasteiger partial charge in [-0.2, -0.15) is 0 Å². The van der Waals surface area contributed by atoms with Gasteiger partial charge in [0.25, 0.3) is 0 Å². The van der Waals surface area contributed by atoms with Crippen LogP contribution in [-0.4, -0.2) is 25.2 Å². The average molecular weight is 1420 g/mol. The molecule has 10 aromatic carbocycles. The number of benzene rings is 10. The summed E-state index contributed by atoms with van der Waals surface area (Å²) in [6.45, 7) is 10.6. The number of aryl methyl sites for hydroxylation is 2. The lowest BCUT2D eigenvalue weighted by molar-refractivity contribution is -0.135. The van der Waals surface area contributed by atoms with Gasteiger partial charge in [-0.1, -0.05) is 290 Å². The standard InChI is InChI=1S/C100H122O6/c1-5-27-73-33-39-77(40-34-73)79-45-49-81(50-46-79)85-55-61-93-89(69-85)57-63-95(105-97(101)31-23-19-15-11-9-13-17-21-25-65-103-91-59-53-83-67-75(29-7-3)37-43-87(83)71-91)99(93)100-94-62-56-86(82-51-47-80(48-52-82)78-41-35-74(28-6-2)36-42-78)70-90(94)58-64-96(100)106-98(102)32-24-20-16-12-10-14-18-22-26-66-104-92-60-54-84-68-76(30-8-4)38-44-88(84)72-92/h37-38,43-64,67-74,77-78H,5-36,39-42,65-66H2,1-4H3. The predicted octanol–water partition coefficient (Wildman–Crippen LogP) is 29.1. The van der Waals surface area contributed by atoms with E-state index in [1.807, 2.05) is 12.1 Å². The molecule has 0 spiro atoms. The Morgan fingerprint density at radius 1 is 0.311 bits per heavy atom. The number of ether oxygens (including phenoxy) is 4. The van der Waals surface area contributed by atoms with Gasteiger partial charge in [0.2, 0.25) is 0 Å². The number of carbonyl (C=O) groups excluding carboxylic acids is 2. The Labute approximate surface area is 636 Å². The second-order valence-corrected chi connectivity index (χ2v) is 31.7. The summed E-state index contributed by atoms with van der Waals surface area (Å²) in [6, 6.07) is 66.7. The molecule has 2 fully saturated rings. The summed E-state index contributed by atoms with van der Waals surface area (Å²) in [6.07, 6.45) is 40.5. The largest absolute Gasteiger partial charge is 0.494 e. The highest BCUT2D eigenvalue weighted by Crippen LogP contribution is 2.48. The van der Waals surface area contributed by atoms with Crippen molar-refractivity contribution in [3.8, 4) is 56.4 Å². The highest BCUT2D eigenvalue weighted by atomic mass is 16.5. The Balaban J connectivity index is 0.705. The van der Waals surface area contributed by atoms with E-state index in [4.69, 9.17) is 18.9 Å². The van der Waals surface area contributed by atoms with Crippen molar-refractivity contribution in [3.05, 3.63) is 204 Å². The Morgan fingerprint density at radius 2 is 0.651 bits per heavy atom. The summed E-state index contributed by atoms with van der Waals surface area (Å²) < 4.78 is 25.6. The van der Waals surface area contributed by atoms with Gasteiger partial charge in [-0.3, -0.25) is 9.59 Å². The van der Waals surface area contributed by atoms with Crippen molar-refractivity contribution >= 4 is 55.0 Å². The summed E-state index contributed by atoms with van der Waals surface area (Å²) in [5, 5.41) is 8.97. The van der Waals surface area contributed by atoms with Crippen LogP contribution >= 0.6 is 0 Å². The van der Waals surface area contributed by atoms with E-state index in [-0.39, 0.29) is 11.9 Å². The van der Waals surface area contributed by atoms with E-state index in [1.54, 1.807) is 0 Å². The van der Waals surface area contributed by atoms with E-state index in [1.165, 1.54) is 171 Å². The topological polar surface area (TPSA) is 71.1 Å². The van der Waals surface area contributed by atoms with Gasteiger partial charge in [0.1, 0.15) is 23.0 Å². The van der Waals surface area contributed by atoms with Gasteiger partial charge in [-0.25, -0.2) is 0 Å².